The van der Waals surface area contributed by atoms with E-state index < -0.39 is 4.92 Å². The lowest BCUT2D eigenvalue weighted by Gasteiger charge is -2.02. The number of nitro benzene ring substituents is 1. The third-order valence-corrected chi connectivity index (χ3v) is 4.82. The van der Waals surface area contributed by atoms with Crippen LogP contribution in [0.3, 0.4) is 0 Å². The number of amides is 1. The van der Waals surface area contributed by atoms with E-state index in [0.29, 0.717) is 16.3 Å². The van der Waals surface area contributed by atoms with E-state index in [0.717, 1.165) is 10.0 Å². The average molecular weight is 443 g/mol. The minimum atomic E-state index is -0.523. The molecule has 0 radical (unpaired) electrons. The van der Waals surface area contributed by atoms with Gasteiger partial charge in [0, 0.05) is 32.9 Å². The summed E-state index contributed by atoms with van der Waals surface area (Å²) in [6, 6.07) is 11.9. The number of nitro groups is 1. The van der Waals surface area contributed by atoms with Crippen molar-refractivity contribution in [2.24, 2.45) is 5.10 Å². The summed E-state index contributed by atoms with van der Waals surface area (Å²) in [5.74, 6) is 0.678. The Morgan fingerprint density at radius 2 is 2.16 bits per heavy atom. The summed E-state index contributed by atoms with van der Waals surface area (Å²) in [6.07, 6.45) is 1.28. The Kier molecular flexibility index (Phi) is 7.42. The van der Waals surface area contributed by atoms with Crippen molar-refractivity contribution in [3.8, 4) is 0 Å². The molecule has 130 valence electrons. The van der Waals surface area contributed by atoms with Gasteiger partial charge in [-0.05, 0) is 23.8 Å². The predicted molar refractivity (Wildman–Crippen MR) is 104 cm³/mol. The van der Waals surface area contributed by atoms with Crippen LogP contribution in [0.25, 0.3) is 0 Å². The van der Waals surface area contributed by atoms with Gasteiger partial charge in [-0.1, -0.05) is 39.7 Å². The van der Waals surface area contributed by atoms with E-state index >= 15 is 0 Å². The minimum Gasteiger partial charge on any atom is -0.272 e. The molecular weight excluding hydrogens is 430 g/mol. The van der Waals surface area contributed by atoms with Crippen molar-refractivity contribution in [2.75, 3.05) is 5.75 Å². The Balaban J connectivity index is 1.82. The van der Waals surface area contributed by atoms with Crippen molar-refractivity contribution in [1.82, 2.24) is 5.43 Å². The van der Waals surface area contributed by atoms with Crippen molar-refractivity contribution < 1.29 is 9.72 Å². The highest BCUT2D eigenvalue weighted by molar-refractivity contribution is 9.10. The molecule has 0 unspecified atom stereocenters. The van der Waals surface area contributed by atoms with Gasteiger partial charge in [0.05, 0.1) is 16.9 Å². The molecule has 0 aliphatic carbocycles. The number of carbonyl (C=O) groups is 1. The molecule has 1 amide bonds. The van der Waals surface area contributed by atoms with Crippen molar-refractivity contribution in [2.45, 2.75) is 5.75 Å². The number of benzene rings is 2. The Morgan fingerprint density at radius 1 is 1.36 bits per heavy atom. The fraction of sp³-hybridized carbons (Fsp3) is 0.125. The number of non-ortho nitro benzene ring substituents is 1. The fourth-order valence-electron chi connectivity index (χ4n) is 1.84. The molecule has 0 bridgehead atoms. The van der Waals surface area contributed by atoms with Gasteiger partial charge in [-0.3, -0.25) is 14.9 Å². The second-order valence-corrected chi connectivity index (χ2v) is 7.19. The number of carbonyl (C=O) groups excluding carboxylic acids is 1. The SMILES string of the molecule is O=C(CSCc1cccc(Br)c1)N/N=C\c1cc([N+](=O)[O-])ccc1Cl. The molecule has 9 heteroatoms. The maximum Gasteiger partial charge on any atom is 0.270 e. The molecule has 0 fully saturated rings. The van der Waals surface area contributed by atoms with E-state index in [2.05, 4.69) is 26.5 Å². The van der Waals surface area contributed by atoms with Crippen LogP contribution in [0.4, 0.5) is 5.69 Å². The smallest absolute Gasteiger partial charge is 0.270 e. The Morgan fingerprint density at radius 3 is 2.88 bits per heavy atom. The van der Waals surface area contributed by atoms with Crippen molar-refractivity contribution in [1.29, 1.82) is 0 Å². The van der Waals surface area contributed by atoms with Gasteiger partial charge >= 0.3 is 0 Å². The highest BCUT2D eigenvalue weighted by atomic mass is 79.9. The van der Waals surface area contributed by atoms with Crippen LogP contribution >= 0.6 is 39.3 Å². The minimum absolute atomic E-state index is 0.0956. The van der Waals surface area contributed by atoms with Crippen LogP contribution in [0, 0.1) is 10.1 Å². The lowest BCUT2D eigenvalue weighted by Crippen LogP contribution is -2.19. The van der Waals surface area contributed by atoms with Crippen LogP contribution in [-0.4, -0.2) is 22.8 Å². The predicted octanol–water partition coefficient (Wildman–Crippen LogP) is 4.39. The topological polar surface area (TPSA) is 84.6 Å². The fourth-order valence-corrected chi connectivity index (χ4v) is 3.22. The number of hydrogen-bond donors (Lipinski definition) is 1. The molecule has 0 heterocycles. The van der Waals surface area contributed by atoms with Crippen LogP contribution in [-0.2, 0) is 10.5 Å². The summed E-state index contributed by atoms with van der Waals surface area (Å²) in [5.41, 5.74) is 3.75. The second kappa shape index (κ2) is 9.55. The summed E-state index contributed by atoms with van der Waals surface area (Å²) in [6.45, 7) is 0. The molecule has 0 aliphatic rings. The summed E-state index contributed by atoms with van der Waals surface area (Å²) in [7, 11) is 0. The van der Waals surface area contributed by atoms with E-state index in [4.69, 9.17) is 11.6 Å². The first-order valence-corrected chi connectivity index (χ1v) is 9.36. The quantitative estimate of drug-likeness (QED) is 0.391. The van der Waals surface area contributed by atoms with Crippen LogP contribution in [0.2, 0.25) is 5.02 Å². The molecule has 0 aromatic heterocycles. The van der Waals surface area contributed by atoms with Crippen LogP contribution in [0.5, 0.6) is 0 Å². The highest BCUT2D eigenvalue weighted by Gasteiger charge is 2.08. The van der Waals surface area contributed by atoms with E-state index in [1.807, 2.05) is 24.3 Å². The number of rotatable bonds is 7. The van der Waals surface area contributed by atoms with E-state index in [9.17, 15) is 14.9 Å². The standard InChI is InChI=1S/C16H13BrClN3O3S/c17-13-3-1-2-11(6-13)9-25-10-16(22)20-19-8-12-7-14(21(23)24)4-5-15(12)18/h1-8H,9-10H2,(H,20,22)/b19-8-. The average Bonchev–Trinajstić information content (AvgIpc) is 2.56. The molecule has 25 heavy (non-hydrogen) atoms. The summed E-state index contributed by atoms with van der Waals surface area (Å²) >= 11 is 10.8. The Hall–Kier alpha value is -1.90. The third kappa shape index (κ3) is 6.49. The lowest BCUT2D eigenvalue weighted by atomic mass is 10.2. The molecule has 6 nitrogen and oxygen atoms in total. The Bertz CT molecular complexity index is 817. The number of nitrogens with zero attached hydrogens (tertiary/aromatic N) is 2. The summed E-state index contributed by atoms with van der Waals surface area (Å²) in [4.78, 5) is 22.0. The molecule has 0 atom stereocenters. The van der Waals surface area contributed by atoms with Gasteiger partial charge in [0.2, 0.25) is 5.91 Å². The monoisotopic (exact) mass is 441 g/mol. The molecule has 0 spiro atoms. The van der Waals surface area contributed by atoms with Crippen LogP contribution in [0.1, 0.15) is 11.1 Å². The summed E-state index contributed by atoms with van der Waals surface area (Å²) < 4.78 is 0.994. The zero-order valence-corrected chi connectivity index (χ0v) is 16.0. The highest BCUT2D eigenvalue weighted by Crippen LogP contribution is 2.20. The number of thioether (sulfide) groups is 1. The van der Waals surface area contributed by atoms with Crippen LogP contribution < -0.4 is 5.43 Å². The zero-order valence-electron chi connectivity index (χ0n) is 12.8. The van der Waals surface area contributed by atoms with E-state index in [-0.39, 0.29) is 17.3 Å². The first-order chi connectivity index (χ1) is 12.0. The van der Waals surface area contributed by atoms with Gasteiger partial charge < -0.3 is 0 Å². The maximum absolute atomic E-state index is 11.8. The van der Waals surface area contributed by atoms with Crippen molar-refractivity contribution in [3.63, 3.8) is 0 Å². The van der Waals surface area contributed by atoms with Gasteiger partial charge in [-0.25, -0.2) is 5.43 Å². The normalized spacial score (nSPS) is 10.8. The molecule has 1 N–H and O–H groups in total. The van der Waals surface area contributed by atoms with E-state index in [1.165, 1.54) is 36.2 Å². The molecule has 2 aromatic carbocycles. The number of nitrogens with one attached hydrogen (secondary N) is 1. The van der Waals surface area contributed by atoms with Crippen LogP contribution in [0.15, 0.2) is 52.0 Å². The lowest BCUT2D eigenvalue weighted by molar-refractivity contribution is -0.384. The number of hydrazone groups is 1. The first kappa shape index (κ1) is 19.4. The van der Waals surface area contributed by atoms with Gasteiger partial charge in [-0.15, -0.1) is 11.8 Å². The molecule has 0 aliphatic heterocycles. The van der Waals surface area contributed by atoms with Gasteiger partial charge in [0.15, 0.2) is 0 Å². The van der Waals surface area contributed by atoms with Gasteiger partial charge in [0.25, 0.3) is 5.69 Å². The molecular formula is C16H13BrClN3O3S. The summed E-state index contributed by atoms with van der Waals surface area (Å²) in [5, 5.41) is 14.8. The molecule has 2 aromatic rings. The van der Waals surface area contributed by atoms with Gasteiger partial charge in [-0.2, -0.15) is 5.10 Å². The first-order valence-electron chi connectivity index (χ1n) is 7.04. The Labute approximate surface area is 161 Å². The third-order valence-electron chi connectivity index (χ3n) is 2.97. The second-order valence-electron chi connectivity index (χ2n) is 4.88. The molecule has 0 saturated carbocycles. The molecule has 0 saturated heterocycles. The largest absolute Gasteiger partial charge is 0.272 e. The number of halogens is 2. The maximum atomic E-state index is 11.8. The van der Waals surface area contributed by atoms with E-state index in [1.54, 1.807) is 0 Å². The molecule has 2 rings (SSSR count). The van der Waals surface area contributed by atoms with Crippen molar-refractivity contribution in [3.05, 3.63) is 73.2 Å². The zero-order chi connectivity index (χ0) is 18.2. The number of hydrogen-bond acceptors (Lipinski definition) is 5. The van der Waals surface area contributed by atoms with Gasteiger partial charge in [0.1, 0.15) is 0 Å². The van der Waals surface area contributed by atoms with Crippen molar-refractivity contribution >= 4 is 57.1 Å².